The average Bonchev–Trinajstić information content (AvgIpc) is 3.07. The van der Waals surface area contributed by atoms with Crippen molar-refractivity contribution in [2.75, 3.05) is 45.0 Å². The Morgan fingerprint density at radius 3 is 2.19 bits per heavy atom. The summed E-state index contributed by atoms with van der Waals surface area (Å²) in [5.41, 5.74) is 0. The smallest absolute Gasteiger partial charge is 0.282 e. The van der Waals surface area contributed by atoms with Gasteiger partial charge in [-0.25, -0.2) is 0 Å². The Morgan fingerprint density at radius 1 is 0.903 bits per heavy atom. The molecule has 0 aromatic carbocycles. The fourth-order valence-electron chi connectivity index (χ4n) is 3.04. The van der Waals surface area contributed by atoms with Crippen molar-refractivity contribution in [2.45, 2.75) is 104 Å². The highest BCUT2D eigenvalue weighted by Gasteiger charge is 2.47. The van der Waals surface area contributed by atoms with Gasteiger partial charge < -0.3 is 28.4 Å². The first-order chi connectivity index (χ1) is 15.0. The first kappa shape index (κ1) is 29.2. The third-order valence-electron chi connectivity index (χ3n) is 5.00. The van der Waals surface area contributed by atoms with E-state index in [0.717, 1.165) is 38.5 Å². The van der Waals surface area contributed by atoms with Gasteiger partial charge in [-0.15, -0.1) is 0 Å². The third kappa shape index (κ3) is 12.3. The lowest BCUT2D eigenvalue weighted by Gasteiger charge is -2.29. The van der Waals surface area contributed by atoms with Gasteiger partial charge in [-0.1, -0.05) is 56.0 Å². The second-order valence-corrected chi connectivity index (χ2v) is 8.80. The molecular formula is C23H45BrO7. The van der Waals surface area contributed by atoms with Gasteiger partial charge >= 0.3 is 0 Å². The summed E-state index contributed by atoms with van der Waals surface area (Å²) in [6.07, 6.45) is 4.88. The summed E-state index contributed by atoms with van der Waals surface area (Å²) in [5, 5.41) is 0.689. The van der Waals surface area contributed by atoms with E-state index in [2.05, 4.69) is 36.7 Å². The molecule has 0 aromatic heterocycles. The zero-order valence-electron chi connectivity index (χ0n) is 20.2. The SMILES string of the molecule is CCCCOCC(O[C@H]1OC(C)(OCCBr)O[C@@H]1COCCCC)[C@H](C)OCCCC. The van der Waals surface area contributed by atoms with Crippen LogP contribution in [0.5, 0.6) is 0 Å². The third-order valence-corrected chi connectivity index (χ3v) is 5.32. The van der Waals surface area contributed by atoms with E-state index in [1.54, 1.807) is 6.92 Å². The van der Waals surface area contributed by atoms with Gasteiger partial charge in [-0.05, 0) is 26.2 Å². The summed E-state index contributed by atoms with van der Waals surface area (Å²) >= 11 is 3.38. The predicted octanol–water partition coefficient (Wildman–Crippen LogP) is 5.04. The van der Waals surface area contributed by atoms with E-state index in [0.29, 0.717) is 45.0 Å². The minimum Gasteiger partial charge on any atom is -0.379 e. The molecule has 7 nitrogen and oxygen atoms in total. The maximum absolute atomic E-state index is 6.36. The molecule has 0 N–H and O–H groups in total. The Labute approximate surface area is 197 Å². The maximum atomic E-state index is 6.36. The topological polar surface area (TPSA) is 64.6 Å². The second-order valence-electron chi connectivity index (χ2n) is 8.00. The summed E-state index contributed by atoms with van der Waals surface area (Å²) in [5.74, 6) is -1.17. The minimum absolute atomic E-state index is 0.131. The molecule has 1 aliphatic heterocycles. The van der Waals surface area contributed by atoms with Crippen LogP contribution in [0.15, 0.2) is 0 Å². The fourth-order valence-corrected chi connectivity index (χ4v) is 3.20. The quantitative estimate of drug-likeness (QED) is 0.167. The molecule has 0 aromatic rings. The predicted molar refractivity (Wildman–Crippen MR) is 125 cm³/mol. The Morgan fingerprint density at radius 2 is 1.55 bits per heavy atom. The van der Waals surface area contributed by atoms with Gasteiger partial charge in [0.25, 0.3) is 5.97 Å². The average molecular weight is 514 g/mol. The van der Waals surface area contributed by atoms with Gasteiger partial charge in [0, 0.05) is 32.1 Å². The lowest BCUT2D eigenvalue weighted by atomic mass is 10.2. The van der Waals surface area contributed by atoms with Crippen LogP contribution in [0.25, 0.3) is 0 Å². The van der Waals surface area contributed by atoms with Crippen LogP contribution in [0.3, 0.4) is 0 Å². The van der Waals surface area contributed by atoms with Crippen LogP contribution in [-0.4, -0.2) is 75.5 Å². The Bertz CT molecular complexity index is 429. The number of unbranched alkanes of at least 4 members (excludes halogenated alkanes) is 3. The van der Waals surface area contributed by atoms with Crippen molar-refractivity contribution in [3.05, 3.63) is 0 Å². The number of hydrogen-bond acceptors (Lipinski definition) is 7. The summed E-state index contributed by atoms with van der Waals surface area (Å²) in [6, 6.07) is 0. The van der Waals surface area contributed by atoms with Gasteiger partial charge in [0.05, 0.1) is 25.9 Å². The molecule has 1 saturated heterocycles. The maximum Gasteiger partial charge on any atom is 0.282 e. The first-order valence-electron chi connectivity index (χ1n) is 12.0. The Balaban J connectivity index is 2.76. The molecular weight excluding hydrogens is 468 g/mol. The van der Waals surface area contributed by atoms with E-state index in [4.69, 9.17) is 33.2 Å². The van der Waals surface area contributed by atoms with Crippen molar-refractivity contribution in [1.82, 2.24) is 0 Å². The van der Waals surface area contributed by atoms with E-state index < -0.39 is 18.4 Å². The van der Waals surface area contributed by atoms with Crippen molar-refractivity contribution in [1.29, 1.82) is 0 Å². The molecule has 0 bridgehead atoms. The molecule has 2 unspecified atom stereocenters. The molecule has 0 spiro atoms. The number of alkyl halides is 1. The molecule has 1 aliphatic rings. The van der Waals surface area contributed by atoms with E-state index in [9.17, 15) is 0 Å². The largest absolute Gasteiger partial charge is 0.379 e. The van der Waals surface area contributed by atoms with Gasteiger partial charge in [-0.3, -0.25) is 4.74 Å². The lowest BCUT2D eigenvalue weighted by molar-refractivity contribution is -0.345. The van der Waals surface area contributed by atoms with Crippen molar-refractivity contribution in [3.8, 4) is 0 Å². The van der Waals surface area contributed by atoms with Crippen LogP contribution < -0.4 is 0 Å². The molecule has 0 radical (unpaired) electrons. The summed E-state index contributed by atoms with van der Waals surface area (Å²) in [7, 11) is 0. The van der Waals surface area contributed by atoms with Crippen LogP contribution in [-0.2, 0) is 33.2 Å². The Kier molecular flexibility index (Phi) is 16.6. The molecule has 1 fully saturated rings. The molecule has 31 heavy (non-hydrogen) atoms. The number of halogens is 1. The molecule has 0 amide bonds. The van der Waals surface area contributed by atoms with E-state index in [1.807, 2.05) is 6.92 Å². The summed E-state index contributed by atoms with van der Waals surface area (Å²) in [4.78, 5) is 0. The fraction of sp³-hybridized carbons (Fsp3) is 1.00. The molecule has 186 valence electrons. The van der Waals surface area contributed by atoms with Crippen LogP contribution in [0.1, 0.15) is 73.1 Å². The van der Waals surface area contributed by atoms with Crippen molar-refractivity contribution in [3.63, 3.8) is 0 Å². The molecule has 1 heterocycles. The molecule has 1 rings (SSSR count). The lowest BCUT2D eigenvalue weighted by Crippen LogP contribution is -2.41. The van der Waals surface area contributed by atoms with Gasteiger partial charge in [0.15, 0.2) is 6.29 Å². The van der Waals surface area contributed by atoms with E-state index >= 15 is 0 Å². The highest BCUT2D eigenvalue weighted by atomic mass is 79.9. The van der Waals surface area contributed by atoms with Gasteiger partial charge in [-0.2, -0.15) is 0 Å². The highest BCUT2D eigenvalue weighted by Crippen LogP contribution is 2.32. The molecule has 8 heteroatoms. The monoisotopic (exact) mass is 512 g/mol. The van der Waals surface area contributed by atoms with E-state index in [1.165, 1.54) is 0 Å². The highest BCUT2D eigenvalue weighted by molar-refractivity contribution is 9.09. The number of rotatable bonds is 20. The van der Waals surface area contributed by atoms with Crippen LogP contribution >= 0.6 is 15.9 Å². The summed E-state index contributed by atoms with van der Waals surface area (Å²) in [6.45, 7) is 13.6. The van der Waals surface area contributed by atoms with Crippen molar-refractivity contribution < 1.29 is 33.2 Å². The van der Waals surface area contributed by atoms with Crippen LogP contribution in [0.2, 0.25) is 0 Å². The van der Waals surface area contributed by atoms with Gasteiger partial charge in [0.2, 0.25) is 0 Å². The number of ether oxygens (including phenoxy) is 7. The van der Waals surface area contributed by atoms with Crippen LogP contribution in [0, 0.1) is 0 Å². The van der Waals surface area contributed by atoms with Crippen LogP contribution in [0.4, 0.5) is 0 Å². The van der Waals surface area contributed by atoms with Crippen molar-refractivity contribution in [2.24, 2.45) is 0 Å². The first-order valence-corrected chi connectivity index (χ1v) is 13.1. The molecule has 0 aliphatic carbocycles. The summed E-state index contributed by atoms with van der Waals surface area (Å²) < 4.78 is 42.0. The zero-order chi connectivity index (χ0) is 23.0. The second kappa shape index (κ2) is 17.6. The number of hydrogen-bond donors (Lipinski definition) is 0. The zero-order valence-corrected chi connectivity index (χ0v) is 21.8. The molecule has 5 atom stereocenters. The van der Waals surface area contributed by atoms with Crippen molar-refractivity contribution >= 4 is 15.9 Å². The normalized spacial score (nSPS) is 25.7. The van der Waals surface area contributed by atoms with E-state index in [-0.39, 0.29) is 12.2 Å². The minimum atomic E-state index is -1.17. The molecule has 0 saturated carbocycles. The van der Waals surface area contributed by atoms with Gasteiger partial charge in [0.1, 0.15) is 12.2 Å². The standard InChI is InChI=1S/C23H45BrO7/c1-6-9-13-25-17-20(19(4)27-15-11-8-3)29-22-21(18-26-14-10-7-2)30-23(5,31-22)28-16-12-24/h19-22H,6-18H2,1-5H3/t19-,20?,21+,22-,23?/m0/s1. The Hall–Kier alpha value is 0.200.